The van der Waals surface area contributed by atoms with Crippen molar-refractivity contribution in [2.75, 3.05) is 6.54 Å². The van der Waals surface area contributed by atoms with Gasteiger partial charge in [-0.15, -0.1) is 0 Å². The molecule has 136 valence electrons. The van der Waals surface area contributed by atoms with Crippen LogP contribution in [-0.4, -0.2) is 30.4 Å². The van der Waals surface area contributed by atoms with E-state index in [1.807, 2.05) is 13.8 Å². The molecule has 0 radical (unpaired) electrons. The molecule has 1 aromatic carbocycles. The molecule has 0 spiro atoms. The van der Waals surface area contributed by atoms with Gasteiger partial charge >= 0.3 is 5.69 Å². The molecule has 0 saturated carbocycles. The largest absolute Gasteiger partial charge is 0.356 e. The summed E-state index contributed by atoms with van der Waals surface area (Å²) in [6.45, 7) is 4.39. The molecule has 1 aromatic heterocycles. The summed E-state index contributed by atoms with van der Waals surface area (Å²) in [5, 5.41) is 7.82. The first-order valence-electron chi connectivity index (χ1n) is 7.83. The van der Waals surface area contributed by atoms with Crippen LogP contribution >= 0.6 is 0 Å². The minimum Gasteiger partial charge on any atom is -0.356 e. The van der Waals surface area contributed by atoms with E-state index in [4.69, 9.17) is 5.14 Å². The van der Waals surface area contributed by atoms with E-state index in [2.05, 4.69) is 10.3 Å². The Morgan fingerprint density at radius 2 is 1.88 bits per heavy atom. The first-order chi connectivity index (χ1) is 11.7. The molecular weight excluding hydrogens is 344 g/mol. The zero-order valence-electron chi connectivity index (χ0n) is 14.2. The number of aryl methyl sites for hydroxylation is 1. The lowest BCUT2D eigenvalue weighted by molar-refractivity contribution is -0.121. The fourth-order valence-electron chi connectivity index (χ4n) is 2.44. The summed E-state index contributed by atoms with van der Waals surface area (Å²) in [4.78, 5) is 26.3. The number of amides is 1. The van der Waals surface area contributed by atoms with Gasteiger partial charge in [0.15, 0.2) is 0 Å². The standard InChI is InChI=1S/C16H22N4O4S/c1-11-12(2)20(16(22)19-11)10-8-15(21)18-9-7-13-3-5-14(6-4-13)25(17,23)24/h3-6H,7-10H2,1-2H3,(H,18,21)(H,19,22)(H2,17,23,24). The average Bonchev–Trinajstić information content (AvgIpc) is 2.78. The van der Waals surface area contributed by atoms with Crippen LogP contribution in [0.5, 0.6) is 0 Å². The van der Waals surface area contributed by atoms with Crippen LogP contribution in [0.1, 0.15) is 23.4 Å². The van der Waals surface area contributed by atoms with Crippen molar-refractivity contribution in [2.45, 2.75) is 38.1 Å². The Labute approximate surface area is 146 Å². The molecule has 1 heterocycles. The minimum absolute atomic E-state index is 0.0582. The molecule has 2 rings (SSSR count). The van der Waals surface area contributed by atoms with Gasteiger partial charge in [-0.25, -0.2) is 18.4 Å². The van der Waals surface area contributed by atoms with Gasteiger partial charge < -0.3 is 10.3 Å². The molecule has 9 heteroatoms. The van der Waals surface area contributed by atoms with Gasteiger partial charge in [0.2, 0.25) is 15.9 Å². The summed E-state index contributed by atoms with van der Waals surface area (Å²) in [7, 11) is -3.69. The molecule has 25 heavy (non-hydrogen) atoms. The Balaban J connectivity index is 1.80. The Bertz CT molecular complexity index is 911. The molecule has 4 N–H and O–H groups in total. The first kappa shape index (κ1) is 18.9. The van der Waals surface area contributed by atoms with Crippen molar-refractivity contribution in [1.82, 2.24) is 14.9 Å². The number of nitrogens with one attached hydrogen (secondary N) is 2. The maximum atomic E-state index is 11.9. The summed E-state index contributed by atoms with van der Waals surface area (Å²) in [6, 6.07) is 6.21. The van der Waals surface area contributed by atoms with Gasteiger partial charge in [0, 0.05) is 30.9 Å². The van der Waals surface area contributed by atoms with Crippen LogP contribution in [0.3, 0.4) is 0 Å². The number of carbonyl (C=O) groups is 1. The summed E-state index contributed by atoms with van der Waals surface area (Å²) < 4.78 is 23.9. The fraction of sp³-hybridized carbons (Fsp3) is 0.375. The highest BCUT2D eigenvalue weighted by atomic mass is 32.2. The van der Waals surface area contributed by atoms with Crippen molar-refractivity contribution in [3.8, 4) is 0 Å². The third-order valence-corrected chi connectivity index (χ3v) is 4.97. The Morgan fingerprint density at radius 3 is 2.40 bits per heavy atom. The van der Waals surface area contributed by atoms with Crippen LogP contribution in [0.2, 0.25) is 0 Å². The van der Waals surface area contributed by atoms with Gasteiger partial charge in [0.1, 0.15) is 0 Å². The highest BCUT2D eigenvalue weighted by Gasteiger charge is 2.09. The number of aromatic nitrogens is 2. The lowest BCUT2D eigenvalue weighted by Gasteiger charge is -2.07. The first-order valence-corrected chi connectivity index (χ1v) is 9.37. The van der Waals surface area contributed by atoms with E-state index < -0.39 is 10.0 Å². The van der Waals surface area contributed by atoms with Crippen LogP contribution in [0.4, 0.5) is 0 Å². The average molecular weight is 366 g/mol. The van der Waals surface area contributed by atoms with E-state index >= 15 is 0 Å². The predicted octanol–water partition coefficient (Wildman–Crippen LogP) is 0.190. The number of nitrogens with zero attached hydrogens (tertiary/aromatic N) is 1. The fourth-order valence-corrected chi connectivity index (χ4v) is 2.95. The van der Waals surface area contributed by atoms with E-state index in [0.717, 1.165) is 17.0 Å². The molecule has 0 aliphatic carbocycles. The Kier molecular flexibility index (Phi) is 5.81. The zero-order valence-corrected chi connectivity index (χ0v) is 15.0. The van der Waals surface area contributed by atoms with Gasteiger partial charge in [0.05, 0.1) is 4.90 Å². The van der Waals surface area contributed by atoms with Gasteiger partial charge in [-0.3, -0.25) is 9.36 Å². The van der Waals surface area contributed by atoms with Crippen molar-refractivity contribution in [3.63, 3.8) is 0 Å². The number of nitrogens with two attached hydrogens (primary N) is 1. The lowest BCUT2D eigenvalue weighted by Crippen LogP contribution is -2.28. The van der Waals surface area contributed by atoms with Crippen molar-refractivity contribution in [1.29, 1.82) is 0 Å². The van der Waals surface area contributed by atoms with Crippen LogP contribution in [0, 0.1) is 13.8 Å². The van der Waals surface area contributed by atoms with E-state index in [0.29, 0.717) is 19.5 Å². The van der Waals surface area contributed by atoms with Gasteiger partial charge in [-0.2, -0.15) is 0 Å². The molecule has 8 nitrogen and oxygen atoms in total. The number of rotatable bonds is 7. The number of hydrogen-bond donors (Lipinski definition) is 3. The number of benzene rings is 1. The summed E-state index contributed by atoms with van der Waals surface area (Å²) in [5.41, 5.74) is 2.31. The molecule has 0 aliphatic heterocycles. The molecular formula is C16H22N4O4S. The highest BCUT2D eigenvalue weighted by Crippen LogP contribution is 2.09. The number of sulfonamides is 1. The second-order valence-electron chi connectivity index (χ2n) is 5.83. The molecule has 0 atom stereocenters. The van der Waals surface area contributed by atoms with E-state index in [1.165, 1.54) is 12.1 Å². The number of H-pyrrole nitrogens is 1. The number of hydrogen-bond acceptors (Lipinski definition) is 4. The third-order valence-electron chi connectivity index (χ3n) is 4.04. The zero-order chi connectivity index (χ0) is 18.6. The van der Waals surface area contributed by atoms with E-state index in [1.54, 1.807) is 16.7 Å². The molecule has 0 fully saturated rings. The van der Waals surface area contributed by atoms with Crippen LogP contribution in [-0.2, 0) is 27.8 Å². The number of primary sulfonamides is 1. The lowest BCUT2D eigenvalue weighted by atomic mass is 10.1. The predicted molar refractivity (Wildman–Crippen MR) is 93.7 cm³/mol. The highest BCUT2D eigenvalue weighted by molar-refractivity contribution is 7.89. The molecule has 0 unspecified atom stereocenters. The van der Waals surface area contributed by atoms with Gasteiger partial charge in [0.25, 0.3) is 0 Å². The van der Waals surface area contributed by atoms with Crippen LogP contribution in [0.25, 0.3) is 0 Å². The summed E-state index contributed by atoms with van der Waals surface area (Å²) in [5.74, 6) is -0.147. The monoisotopic (exact) mass is 366 g/mol. The SMILES string of the molecule is Cc1[nH]c(=O)n(CCC(=O)NCCc2ccc(S(N)(=O)=O)cc2)c1C. The second kappa shape index (κ2) is 7.66. The number of aromatic amines is 1. The molecule has 0 bridgehead atoms. The quantitative estimate of drug-likeness (QED) is 0.646. The second-order valence-corrected chi connectivity index (χ2v) is 7.39. The molecule has 0 aliphatic rings. The smallest absolute Gasteiger partial charge is 0.325 e. The maximum absolute atomic E-state index is 11.9. The van der Waals surface area contributed by atoms with Crippen LogP contribution < -0.4 is 16.1 Å². The molecule has 2 aromatic rings. The normalized spacial score (nSPS) is 11.5. The maximum Gasteiger partial charge on any atom is 0.325 e. The van der Waals surface area contributed by atoms with Crippen molar-refractivity contribution >= 4 is 15.9 Å². The van der Waals surface area contributed by atoms with E-state index in [9.17, 15) is 18.0 Å². The molecule has 0 saturated heterocycles. The number of imidazole rings is 1. The van der Waals surface area contributed by atoms with Crippen molar-refractivity contribution in [2.24, 2.45) is 5.14 Å². The van der Waals surface area contributed by atoms with E-state index in [-0.39, 0.29) is 22.9 Å². The van der Waals surface area contributed by atoms with Gasteiger partial charge in [-0.05, 0) is 38.0 Å². The van der Waals surface area contributed by atoms with Crippen molar-refractivity contribution in [3.05, 3.63) is 51.7 Å². The molecule has 1 amide bonds. The minimum atomic E-state index is -3.69. The van der Waals surface area contributed by atoms with Crippen LogP contribution in [0.15, 0.2) is 34.0 Å². The summed E-state index contributed by atoms with van der Waals surface area (Å²) >= 11 is 0. The Morgan fingerprint density at radius 1 is 1.24 bits per heavy atom. The van der Waals surface area contributed by atoms with Crippen molar-refractivity contribution < 1.29 is 13.2 Å². The third kappa shape index (κ3) is 5.04. The Hall–Kier alpha value is -2.39. The van der Waals surface area contributed by atoms with Gasteiger partial charge in [-0.1, -0.05) is 12.1 Å². The topological polar surface area (TPSA) is 127 Å². The summed E-state index contributed by atoms with van der Waals surface area (Å²) in [6.07, 6.45) is 0.779. The number of carbonyl (C=O) groups excluding carboxylic acids is 1.